The maximum atomic E-state index is 12.1. The van der Waals surface area contributed by atoms with Crippen LogP contribution in [0.25, 0.3) is 0 Å². The molecular weight excluding hydrogens is 375 g/mol. The Balaban J connectivity index is 2.19. The van der Waals surface area contributed by atoms with Gasteiger partial charge in [-0.3, -0.25) is 0 Å². The molecule has 2 rings (SSSR count). The van der Waals surface area contributed by atoms with Crippen LogP contribution in [0.15, 0.2) is 46.4 Å². The smallest absolute Gasteiger partial charge is 0.276 e. The van der Waals surface area contributed by atoms with Crippen LogP contribution < -0.4 is 14.3 Å². The highest BCUT2D eigenvalue weighted by molar-refractivity contribution is 7.89. The Labute approximate surface area is 150 Å². The number of ether oxygens (including phenoxy) is 2. The molecule has 2 aromatic rings. The van der Waals surface area contributed by atoms with Crippen molar-refractivity contribution < 1.29 is 17.9 Å². The van der Waals surface area contributed by atoms with Gasteiger partial charge in [0.05, 0.1) is 30.4 Å². The summed E-state index contributed by atoms with van der Waals surface area (Å²) in [4.78, 5) is 2.16. The molecule has 0 aliphatic rings. The van der Waals surface area contributed by atoms with E-state index in [4.69, 9.17) is 32.7 Å². The van der Waals surface area contributed by atoms with E-state index in [0.717, 1.165) is 0 Å². The summed E-state index contributed by atoms with van der Waals surface area (Å²) >= 11 is 11.8. The highest BCUT2D eigenvalue weighted by Crippen LogP contribution is 2.35. The summed E-state index contributed by atoms with van der Waals surface area (Å²) in [6.07, 6.45) is 1.31. The summed E-state index contributed by atoms with van der Waals surface area (Å²) in [7, 11) is -0.841. The molecule has 1 N–H and O–H groups in total. The zero-order valence-electron chi connectivity index (χ0n) is 12.8. The maximum Gasteiger partial charge on any atom is 0.276 e. The third-order valence-electron chi connectivity index (χ3n) is 2.97. The Morgan fingerprint density at radius 2 is 1.75 bits per heavy atom. The fourth-order valence-corrected chi connectivity index (χ4v) is 3.06. The second-order valence-corrected chi connectivity index (χ2v) is 7.05. The SMILES string of the molecule is COc1cc(/C=N/NS(=O)(=O)c2ccc(Cl)cc2)cc(Cl)c1OC. The molecular formula is C15H14Cl2N2O4S. The first-order valence-electron chi connectivity index (χ1n) is 6.59. The van der Waals surface area contributed by atoms with Crippen LogP contribution in [0, 0.1) is 0 Å². The Morgan fingerprint density at radius 1 is 1.08 bits per heavy atom. The first-order chi connectivity index (χ1) is 11.4. The Hall–Kier alpha value is -1.96. The van der Waals surface area contributed by atoms with E-state index < -0.39 is 10.0 Å². The number of hydrogen-bond donors (Lipinski definition) is 1. The third-order valence-corrected chi connectivity index (χ3v) is 4.74. The van der Waals surface area contributed by atoms with Crippen molar-refractivity contribution >= 4 is 39.4 Å². The largest absolute Gasteiger partial charge is 0.493 e. The Morgan fingerprint density at radius 3 is 2.33 bits per heavy atom. The molecule has 0 radical (unpaired) electrons. The van der Waals surface area contributed by atoms with Gasteiger partial charge in [-0.05, 0) is 42.0 Å². The molecule has 128 valence electrons. The summed E-state index contributed by atoms with van der Waals surface area (Å²) in [6, 6.07) is 8.91. The van der Waals surface area contributed by atoms with Crippen molar-refractivity contribution in [1.82, 2.24) is 4.83 Å². The number of benzene rings is 2. The van der Waals surface area contributed by atoms with Gasteiger partial charge in [-0.25, -0.2) is 4.83 Å². The first kappa shape index (κ1) is 18.4. The van der Waals surface area contributed by atoms with Gasteiger partial charge >= 0.3 is 0 Å². The first-order valence-corrected chi connectivity index (χ1v) is 8.83. The summed E-state index contributed by atoms with van der Waals surface area (Å²) < 4.78 is 34.5. The van der Waals surface area contributed by atoms with Crippen molar-refractivity contribution in [1.29, 1.82) is 0 Å². The molecule has 0 fully saturated rings. The van der Waals surface area contributed by atoms with Crippen molar-refractivity contribution in [2.75, 3.05) is 14.2 Å². The number of nitrogens with one attached hydrogen (secondary N) is 1. The minimum absolute atomic E-state index is 0.0504. The van der Waals surface area contributed by atoms with Crippen molar-refractivity contribution in [3.05, 3.63) is 52.0 Å². The fourth-order valence-electron chi connectivity index (χ4n) is 1.85. The Bertz CT molecular complexity index is 853. The lowest BCUT2D eigenvalue weighted by atomic mass is 10.2. The number of hydrazone groups is 1. The number of hydrogen-bond acceptors (Lipinski definition) is 5. The lowest BCUT2D eigenvalue weighted by molar-refractivity contribution is 0.355. The topological polar surface area (TPSA) is 77.0 Å². The van der Waals surface area contributed by atoms with Gasteiger partial charge in [-0.1, -0.05) is 23.2 Å². The van der Waals surface area contributed by atoms with Crippen LogP contribution in [0.5, 0.6) is 11.5 Å². The average molecular weight is 389 g/mol. The molecule has 0 unspecified atom stereocenters. The monoisotopic (exact) mass is 388 g/mol. The van der Waals surface area contributed by atoms with Gasteiger partial charge in [0, 0.05) is 5.02 Å². The predicted octanol–water partition coefficient (Wildman–Crippen LogP) is 3.32. The predicted molar refractivity (Wildman–Crippen MR) is 93.9 cm³/mol. The third kappa shape index (κ3) is 4.31. The van der Waals surface area contributed by atoms with Gasteiger partial charge in [0.2, 0.25) is 0 Å². The molecule has 0 saturated carbocycles. The van der Waals surface area contributed by atoms with E-state index in [9.17, 15) is 8.42 Å². The minimum Gasteiger partial charge on any atom is -0.493 e. The van der Waals surface area contributed by atoms with Crippen LogP contribution in [0.2, 0.25) is 10.0 Å². The standard InChI is InChI=1S/C15H14Cl2N2O4S/c1-22-14-8-10(7-13(17)15(14)23-2)9-18-19-24(20,21)12-5-3-11(16)4-6-12/h3-9,19H,1-2H3/b18-9+. The summed E-state index contributed by atoms with van der Waals surface area (Å²) in [6.45, 7) is 0. The molecule has 0 aliphatic carbocycles. The molecule has 0 aromatic heterocycles. The fraction of sp³-hybridized carbons (Fsp3) is 0.133. The lowest BCUT2D eigenvalue weighted by Gasteiger charge is -2.10. The van der Waals surface area contributed by atoms with Crippen LogP contribution in [-0.4, -0.2) is 28.9 Å². The zero-order chi connectivity index (χ0) is 17.7. The number of sulfonamides is 1. The molecule has 0 aliphatic heterocycles. The number of methoxy groups -OCH3 is 2. The van der Waals surface area contributed by atoms with Gasteiger partial charge < -0.3 is 9.47 Å². The van der Waals surface area contributed by atoms with Gasteiger partial charge in [0.1, 0.15) is 0 Å². The van der Waals surface area contributed by atoms with Gasteiger partial charge in [-0.15, -0.1) is 0 Å². The van der Waals surface area contributed by atoms with Crippen molar-refractivity contribution in [3.63, 3.8) is 0 Å². The van der Waals surface area contributed by atoms with Crippen molar-refractivity contribution in [2.45, 2.75) is 4.90 Å². The van der Waals surface area contributed by atoms with Gasteiger partial charge in [0.15, 0.2) is 11.5 Å². The summed E-state index contributed by atoms with van der Waals surface area (Å²) in [5.41, 5.74) is 0.538. The van der Waals surface area contributed by atoms with Crippen LogP contribution in [0.1, 0.15) is 5.56 Å². The highest BCUT2D eigenvalue weighted by Gasteiger charge is 2.13. The minimum atomic E-state index is -3.78. The molecule has 0 spiro atoms. The van der Waals surface area contributed by atoms with Crippen LogP contribution >= 0.6 is 23.2 Å². The van der Waals surface area contributed by atoms with Crippen LogP contribution in [0.4, 0.5) is 0 Å². The second-order valence-electron chi connectivity index (χ2n) is 4.55. The van der Waals surface area contributed by atoms with E-state index in [1.165, 1.54) is 44.7 Å². The van der Waals surface area contributed by atoms with Crippen LogP contribution in [0.3, 0.4) is 0 Å². The maximum absolute atomic E-state index is 12.1. The molecule has 24 heavy (non-hydrogen) atoms. The summed E-state index contributed by atoms with van der Waals surface area (Å²) in [5.74, 6) is 0.796. The van der Waals surface area contributed by atoms with E-state index in [1.54, 1.807) is 12.1 Å². The Kier molecular flexibility index (Phi) is 5.93. The zero-order valence-corrected chi connectivity index (χ0v) is 15.1. The quantitative estimate of drug-likeness (QED) is 0.608. The molecule has 0 atom stereocenters. The molecule has 0 amide bonds. The highest BCUT2D eigenvalue weighted by atomic mass is 35.5. The lowest BCUT2D eigenvalue weighted by Crippen LogP contribution is -2.18. The van der Waals surface area contributed by atoms with Crippen LogP contribution in [-0.2, 0) is 10.0 Å². The molecule has 6 nitrogen and oxygen atoms in total. The van der Waals surface area contributed by atoms with Gasteiger partial charge in [0.25, 0.3) is 10.0 Å². The second kappa shape index (κ2) is 7.74. The summed E-state index contributed by atoms with van der Waals surface area (Å²) in [5, 5.41) is 4.49. The van der Waals surface area contributed by atoms with Crippen molar-refractivity contribution in [2.24, 2.45) is 5.10 Å². The normalized spacial score (nSPS) is 11.5. The molecule has 2 aromatic carbocycles. The number of halogens is 2. The molecule has 9 heteroatoms. The van der Waals surface area contributed by atoms with E-state index in [-0.39, 0.29) is 4.90 Å². The number of rotatable bonds is 6. The molecule has 0 bridgehead atoms. The van der Waals surface area contributed by atoms with E-state index in [0.29, 0.717) is 27.1 Å². The number of nitrogens with zero attached hydrogens (tertiary/aromatic N) is 1. The molecule has 0 heterocycles. The van der Waals surface area contributed by atoms with Crippen molar-refractivity contribution in [3.8, 4) is 11.5 Å². The van der Waals surface area contributed by atoms with E-state index >= 15 is 0 Å². The molecule has 0 saturated heterocycles. The van der Waals surface area contributed by atoms with E-state index in [1.807, 2.05) is 0 Å². The van der Waals surface area contributed by atoms with E-state index in [2.05, 4.69) is 9.93 Å². The average Bonchev–Trinajstić information content (AvgIpc) is 2.54. The van der Waals surface area contributed by atoms with Gasteiger partial charge in [-0.2, -0.15) is 13.5 Å².